The van der Waals surface area contributed by atoms with Crippen LogP contribution >= 0.6 is 11.6 Å². The Balaban J connectivity index is 0.000000199. The number of aldehydes is 1. The number of carbonyl (C=O) groups is 1. The maximum absolute atomic E-state index is 13.0. The smallest absolute Gasteiger partial charge is 0.146 e. The van der Waals surface area contributed by atoms with E-state index in [1.165, 1.54) is 6.07 Å². The molecule has 0 saturated carbocycles. The summed E-state index contributed by atoms with van der Waals surface area (Å²) in [7, 11) is 1.76. The van der Waals surface area contributed by atoms with Gasteiger partial charge >= 0.3 is 0 Å². The van der Waals surface area contributed by atoms with Gasteiger partial charge in [-0.2, -0.15) is 0 Å². The molecule has 0 bridgehead atoms. The van der Waals surface area contributed by atoms with E-state index in [1.807, 2.05) is 0 Å². The molecule has 3 nitrogen and oxygen atoms in total. The fourth-order valence-corrected chi connectivity index (χ4v) is 1.90. The molecule has 1 fully saturated rings. The number of benzene rings is 1. The van der Waals surface area contributed by atoms with E-state index in [2.05, 4.69) is 10.6 Å². The lowest BCUT2D eigenvalue weighted by Gasteiger charge is -2.01. The standard InChI is InChI=1S/C8H9ClFN.C5H9NO/c1-11-5-6-3-2-4-7(9)8(6)10;7-4-5-2-1-3-6-5/h2-4,11H,5H2,1H3;4-6H,1-3H2. The van der Waals surface area contributed by atoms with Crippen molar-refractivity contribution < 1.29 is 9.18 Å². The molecule has 1 unspecified atom stereocenters. The summed E-state index contributed by atoms with van der Waals surface area (Å²) in [6, 6.07) is 5.14. The normalized spacial score (nSPS) is 18.1. The number of nitrogens with one attached hydrogen (secondary N) is 2. The topological polar surface area (TPSA) is 41.1 Å². The van der Waals surface area contributed by atoms with Crippen molar-refractivity contribution in [2.24, 2.45) is 0 Å². The van der Waals surface area contributed by atoms with Gasteiger partial charge in [0, 0.05) is 12.1 Å². The number of carbonyl (C=O) groups excluding carboxylic acids is 1. The quantitative estimate of drug-likeness (QED) is 0.829. The Morgan fingerprint density at radius 2 is 2.39 bits per heavy atom. The highest BCUT2D eigenvalue weighted by Crippen LogP contribution is 2.17. The fraction of sp³-hybridized carbons (Fsp3) is 0.462. The van der Waals surface area contributed by atoms with Crippen molar-refractivity contribution in [3.63, 3.8) is 0 Å². The van der Waals surface area contributed by atoms with Crippen LogP contribution in [-0.2, 0) is 11.3 Å². The molecule has 0 aliphatic carbocycles. The van der Waals surface area contributed by atoms with Crippen LogP contribution in [0.1, 0.15) is 18.4 Å². The average Bonchev–Trinajstić information content (AvgIpc) is 2.89. The lowest BCUT2D eigenvalue weighted by atomic mass is 10.2. The number of halogens is 2. The molecule has 1 aliphatic heterocycles. The van der Waals surface area contributed by atoms with Gasteiger partial charge in [-0.1, -0.05) is 23.7 Å². The van der Waals surface area contributed by atoms with Crippen LogP contribution in [0.2, 0.25) is 5.02 Å². The first-order chi connectivity index (χ1) is 8.69. The molecule has 5 heteroatoms. The third-order valence-electron chi connectivity index (χ3n) is 2.66. The van der Waals surface area contributed by atoms with Gasteiger partial charge in [0.25, 0.3) is 0 Å². The van der Waals surface area contributed by atoms with E-state index in [1.54, 1.807) is 19.2 Å². The van der Waals surface area contributed by atoms with E-state index in [9.17, 15) is 9.18 Å². The third-order valence-corrected chi connectivity index (χ3v) is 2.95. The SMILES string of the molecule is CNCc1cccc(Cl)c1F.O=CC1CCCN1. The van der Waals surface area contributed by atoms with Crippen molar-refractivity contribution in [1.29, 1.82) is 0 Å². The molecule has 0 amide bonds. The van der Waals surface area contributed by atoms with Crippen LogP contribution in [0.5, 0.6) is 0 Å². The van der Waals surface area contributed by atoms with E-state index in [0.29, 0.717) is 12.1 Å². The van der Waals surface area contributed by atoms with E-state index in [0.717, 1.165) is 25.7 Å². The summed E-state index contributed by atoms with van der Waals surface area (Å²) in [5, 5.41) is 6.07. The highest BCUT2D eigenvalue weighted by molar-refractivity contribution is 6.30. The Morgan fingerprint density at radius 3 is 2.89 bits per heavy atom. The molecule has 1 aromatic rings. The highest BCUT2D eigenvalue weighted by atomic mass is 35.5. The highest BCUT2D eigenvalue weighted by Gasteiger charge is 2.10. The molecule has 1 atom stereocenters. The summed E-state index contributed by atoms with van der Waals surface area (Å²) >= 11 is 5.55. The molecule has 1 aromatic carbocycles. The molecule has 100 valence electrons. The molecule has 0 aromatic heterocycles. The lowest BCUT2D eigenvalue weighted by Crippen LogP contribution is -2.21. The summed E-state index contributed by atoms with van der Waals surface area (Å²) in [5.74, 6) is -0.330. The van der Waals surface area contributed by atoms with E-state index in [-0.39, 0.29) is 16.9 Å². The maximum Gasteiger partial charge on any atom is 0.146 e. The van der Waals surface area contributed by atoms with Gasteiger partial charge in [0.15, 0.2) is 0 Å². The van der Waals surface area contributed by atoms with Crippen LogP contribution in [0.25, 0.3) is 0 Å². The fourth-order valence-electron chi connectivity index (χ4n) is 1.70. The van der Waals surface area contributed by atoms with Gasteiger partial charge in [-0.25, -0.2) is 4.39 Å². The van der Waals surface area contributed by atoms with Crippen molar-refractivity contribution in [2.45, 2.75) is 25.4 Å². The summed E-state index contributed by atoms with van der Waals surface area (Å²) in [6.45, 7) is 1.52. The Morgan fingerprint density at radius 1 is 1.61 bits per heavy atom. The van der Waals surface area contributed by atoms with E-state index < -0.39 is 0 Å². The van der Waals surface area contributed by atoms with Crippen LogP contribution in [0.3, 0.4) is 0 Å². The Bertz CT molecular complexity index is 381. The first kappa shape index (κ1) is 15.1. The summed E-state index contributed by atoms with van der Waals surface area (Å²) in [6.07, 6.45) is 3.17. The minimum Gasteiger partial charge on any atom is -0.316 e. The van der Waals surface area contributed by atoms with E-state index in [4.69, 9.17) is 11.6 Å². The van der Waals surface area contributed by atoms with Crippen LogP contribution in [0.15, 0.2) is 18.2 Å². The Kier molecular flexibility index (Phi) is 6.86. The predicted molar refractivity (Wildman–Crippen MR) is 71.3 cm³/mol. The van der Waals surface area contributed by atoms with E-state index >= 15 is 0 Å². The molecular weight excluding hydrogens is 255 g/mol. The summed E-state index contributed by atoms with van der Waals surface area (Å²) in [4.78, 5) is 9.94. The third kappa shape index (κ3) is 4.72. The van der Waals surface area contributed by atoms with Gasteiger partial charge in [0.1, 0.15) is 12.1 Å². The number of hydrogen-bond donors (Lipinski definition) is 2. The van der Waals surface area contributed by atoms with Crippen LogP contribution in [-0.4, -0.2) is 25.9 Å². The van der Waals surface area contributed by atoms with Crippen LogP contribution in [0.4, 0.5) is 4.39 Å². The zero-order valence-corrected chi connectivity index (χ0v) is 11.1. The van der Waals surface area contributed by atoms with Crippen molar-refractivity contribution in [3.8, 4) is 0 Å². The zero-order chi connectivity index (χ0) is 13.4. The minimum atomic E-state index is -0.330. The molecule has 18 heavy (non-hydrogen) atoms. The first-order valence-electron chi connectivity index (χ1n) is 5.95. The second-order valence-electron chi connectivity index (χ2n) is 4.08. The Hall–Kier alpha value is -0.970. The van der Waals surface area contributed by atoms with Crippen LogP contribution in [0, 0.1) is 5.82 Å². The average molecular weight is 273 g/mol. The van der Waals surface area contributed by atoms with Crippen molar-refractivity contribution >= 4 is 17.9 Å². The monoisotopic (exact) mass is 272 g/mol. The van der Waals surface area contributed by atoms with Gasteiger partial charge in [-0.15, -0.1) is 0 Å². The minimum absolute atomic E-state index is 0.167. The molecular formula is C13H18ClFN2O. The first-order valence-corrected chi connectivity index (χ1v) is 6.33. The second kappa shape index (κ2) is 8.19. The molecule has 0 radical (unpaired) electrons. The van der Waals surface area contributed by atoms with Gasteiger partial charge < -0.3 is 15.4 Å². The number of hydrogen-bond acceptors (Lipinski definition) is 3. The zero-order valence-electron chi connectivity index (χ0n) is 10.4. The number of rotatable bonds is 3. The molecule has 1 saturated heterocycles. The molecule has 1 aliphatic rings. The largest absolute Gasteiger partial charge is 0.316 e. The Labute approximate surface area is 112 Å². The lowest BCUT2D eigenvalue weighted by molar-refractivity contribution is -0.109. The van der Waals surface area contributed by atoms with Gasteiger partial charge in [-0.3, -0.25) is 0 Å². The second-order valence-corrected chi connectivity index (χ2v) is 4.49. The molecule has 2 N–H and O–H groups in total. The van der Waals surface area contributed by atoms with Gasteiger partial charge in [0.05, 0.1) is 11.1 Å². The summed E-state index contributed by atoms with van der Waals surface area (Å²) < 4.78 is 13.0. The van der Waals surface area contributed by atoms with Gasteiger partial charge in [0.2, 0.25) is 0 Å². The predicted octanol–water partition coefficient (Wildman–Crippen LogP) is 2.14. The molecule has 0 spiro atoms. The maximum atomic E-state index is 13.0. The summed E-state index contributed by atoms with van der Waals surface area (Å²) in [5.41, 5.74) is 0.597. The van der Waals surface area contributed by atoms with Crippen molar-refractivity contribution in [3.05, 3.63) is 34.6 Å². The molecule has 2 rings (SSSR count). The molecule has 1 heterocycles. The van der Waals surface area contributed by atoms with Gasteiger partial charge in [-0.05, 0) is 32.5 Å². The van der Waals surface area contributed by atoms with Crippen molar-refractivity contribution in [2.75, 3.05) is 13.6 Å². The van der Waals surface area contributed by atoms with Crippen LogP contribution < -0.4 is 10.6 Å². The van der Waals surface area contributed by atoms with Crippen molar-refractivity contribution in [1.82, 2.24) is 10.6 Å².